The number of nitrogens with zero attached hydrogens (tertiary/aromatic N) is 2. The van der Waals surface area contributed by atoms with Gasteiger partial charge < -0.3 is 10.6 Å². The molecule has 2 aliphatic rings. The third-order valence-corrected chi connectivity index (χ3v) is 5.04. The van der Waals surface area contributed by atoms with Crippen molar-refractivity contribution in [3.63, 3.8) is 0 Å². The molecule has 2 atom stereocenters. The zero-order valence-electron chi connectivity index (χ0n) is 13.1. The second-order valence-electron chi connectivity index (χ2n) is 6.98. The maximum Gasteiger partial charge on any atom is 0.224 e. The van der Waals surface area contributed by atoms with Gasteiger partial charge in [-0.3, -0.25) is 4.79 Å². The first-order chi connectivity index (χ1) is 11.0. The molecule has 2 heterocycles. The molecule has 1 saturated carbocycles. The first-order valence-corrected chi connectivity index (χ1v) is 7.91. The summed E-state index contributed by atoms with van der Waals surface area (Å²) in [6.07, 6.45) is 1.35. The number of benzene rings is 1. The third-order valence-electron chi connectivity index (χ3n) is 5.04. The van der Waals surface area contributed by atoms with Gasteiger partial charge in [-0.1, -0.05) is 12.1 Å². The largest absolute Gasteiger partial charge is 0.345 e. The monoisotopic (exact) mass is 314 g/mol. The molecule has 1 aliphatic heterocycles. The van der Waals surface area contributed by atoms with Crippen LogP contribution in [0.4, 0.5) is 4.39 Å². The molecule has 0 radical (unpaired) electrons. The van der Waals surface area contributed by atoms with Gasteiger partial charge in [-0.25, -0.2) is 14.4 Å². The number of amides is 1. The van der Waals surface area contributed by atoms with Gasteiger partial charge in [0.05, 0.1) is 11.2 Å². The Kier molecular flexibility index (Phi) is 3.13. The van der Waals surface area contributed by atoms with Crippen molar-refractivity contribution in [1.29, 1.82) is 0 Å². The van der Waals surface area contributed by atoms with Crippen LogP contribution in [0.25, 0.3) is 10.9 Å². The SMILES string of the molecule is CC(C)(NC(=O)C1C2CNCC21)c1ncnc2c(F)cccc12. The zero-order chi connectivity index (χ0) is 16.2. The molecular formula is C17H19FN4O. The minimum Gasteiger partial charge on any atom is -0.345 e. The van der Waals surface area contributed by atoms with Crippen molar-refractivity contribution < 1.29 is 9.18 Å². The topological polar surface area (TPSA) is 66.9 Å². The lowest BCUT2D eigenvalue weighted by Gasteiger charge is -2.27. The molecule has 2 fully saturated rings. The summed E-state index contributed by atoms with van der Waals surface area (Å²) in [6.45, 7) is 5.64. The molecular weight excluding hydrogens is 295 g/mol. The van der Waals surface area contributed by atoms with E-state index in [1.54, 1.807) is 12.1 Å². The molecule has 4 rings (SSSR count). The molecule has 0 spiro atoms. The van der Waals surface area contributed by atoms with E-state index in [2.05, 4.69) is 20.6 Å². The minimum absolute atomic E-state index is 0.0645. The van der Waals surface area contributed by atoms with Gasteiger partial charge in [-0.15, -0.1) is 0 Å². The Morgan fingerprint density at radius 3 is 2.78 bits per heavy atom. The summed E-state index contributed by atoms with van der Waals surface area (Å²) in [4.78, 5) is 20.9. The van der Waals surface area contributed by atoms with Crippen LogP contribution in [0.5, 0.6) is 0 Å². The maximum atomic E-state index is 13.9. The third kappa shape index (κ3) is 2.28. The number of carbonyl (C=O) groups excluding carboxylic acids is 1. The fraction of sp³-hybridized carbons (Fsp3) is 0.471. The van der Waals surface area contributed by atoms with E-state index < -0.39 is 5.54 Å². The molecule has 120 valence electrons. The summed E-state index contributed by atoms with van der Waals surface area (Å²) in [5.74, 6) is 0.710. The Morgan fingerprint density at radius 1 is 1.30 bits per heavy atom. The summed E-state index contributed by atoms with van der Waals surface area (Å²) >= 11 is 0. The first kappa shape index (κ1) is 14.5. The highest BCUT2D eigenvalue weighted by Crippen LogP contribution is 2.49. The highest BCUT2D eigenvalue weighted by Gasteiger charge is 2.57. The van der Waals surface area contributed by atoms with Crippen LogP contribution in [0.3, 0.4) is 0 Å². The van der Waals surface area contributed by atoms with Crippen LogP contribution >= 0.6 is 0 Å². The Labute approximate surface area is 133 Å². The highest BCUT2D eigenvalue weighted by atomic mass is 19.1. The number of carbonyl (C=O) groups is 1. The Morgan fingerprint density at radius 2 is 2.04 bits per heavy atom. The lowest BCUT2D eigenvalue weighted by Crippen LogP contribution is -2.43. The second kappa shape index (κ2) is 4.96. The fourth-order valence-corrected chi connectivity index (χ4v) is 3.81. The molecule has 1 aromatic carbocycles. The van der Waals surface area contributed by atoms with Crippen molar-refractivity contribution in [2.24, 2.45) is 17.8 Å². The zero-order valence-corrected chi connectivity index (χ0v) is 13.1. The number of para-hydroxylation sites is 1. The molecule has 5 nitrogen and oxygen atoms in total. The Bertz CT molecular complexity index is 781. The predicted molar refractivity (Wildman–Crippen MR) is 84.0 cm³/mol. The van der Waals surface area contributed by atoms with E-state index in [1.165, 1.54) is 12.4 Å². The number of hydrogen-bond acceptors (Lipinski definition) is 4. The number of halogens is 1. The summed E-state index contributed by atoms with van der Waals surface area (Å²) in [6, 6.07) is 4.81. The first-order valence-electron chi connectivity index (χ1n) is 7.91. The van der Waals surface area contributed by atoms with Gasteiger partial charge in [0.2, 0.25) is 5.91 Å². The average Bonchev–Trinajstić information content (AvgIpc) is 3.00. The van der Waals surface area contributed by atoms with E-state index in [4.69, 9.17) is 0 Å². The second-order valence-corrected chi connectivity index (χ2v) is 6.98. The Balaban J connectivity index is 1.63. The summed E-state index contributed by atoms with van der Waals surface area (Å²) in [7, 11) is 0. The lowest BCUT2D eigenvalue weighted by atomic mass is 9.95. The van der Waals surface area contributed by atoms with Crippen molar-refractivity contribution in [1.82, 2.24) is 20.6 Å². The van der Waals surface area contributed by atoms with Crippen molar-refractivity contribution in [2.75, 3.05) is 13.1 Å². The molecule has 6 heteroatoms. The lowest BCUT2D eigenvalue weighted by molar-refractivity contribution is -0.124. The van der Waals surface area contributed by atoms with Crippen LogP contribution in [0, 0.1) is 23.6 Å². The summed E-state index contributed by atoms with van der Waals surface area (Å²) in [5, 5.41) is 7.02. The van der Waals surface area contributed by atoms with E-state index in [0.29, 0.717) is 22.9 Å². The normalized spacial score (nSPS) is 26.1. The van der Waals surface area contributed by atoms with Crippen molar-refractivity contribution in [3.05, 3.63) is 36.0 Å². The van der Waals surface area contributed by atoms with Gasteiger partial charge in [0.1, 0.15) is 17.7 Å². The highest BCUT2D eigenvalue weighted by molar-refractivity contribution is 5.86. The number of aromatic nitrogens is 2. The predicted octanol–water partition coefficient (Wildman–Crippen LogP) is 1.59. The van der Waals surface area contributed by atoms with E-state index in [9.17, 15) is 9.18 Å². The summed E-state index contributed by atoms with van der Waals surface area (Å²) < 4.78 is 13.9. The minimum atomic E-state index is -0.684. The van der Waals surface area contributed by atoms with E-state index >= 15 is 0 Å². The van der Waals surface area contributed by atoms with Gasteiger partial charge in [-0.05, 0) is 44.8 Å². The van der Waals surface area contributed by atoms with Crippen LogP contribution in [0.1, 0.15) is 19.5 Å². The molecule has 23 heavy (non-hydrogen) atoms. The smallest absolute Gasteiger partial charge is 0.224 e. The molecule has 1 aliphatic carbocycles. The molecule has 0 bridgehead atoms. The van der Waals surface area contributed by atoms with Crippen LogP contribution in [-0.4, -0.2) is 29.0 Å². The maximum absolute atomic E-state index is 13.9. The number of fused-ring (bicyclic) bond motifs is 2. The van der Waals surface area contributed by atoms with Gasteiger partial charge in [-0.2, -0.15) is 0 Å². The molecule has 1 amide bonds. The summed E-state index contributed by atoms with van der Waals surface area (Å²) in [5.41, 5.74) is 0.239. The van der Waals surface area contributed by atoms with Gasteiger partial charge >= 0.3 is 0 Å². The molecule has 1 aromatic heterocycles. The van der Waals surface area contributed by atoms with E-state index in [0.717, 1.165) is 13.1 Å². The van der Waals surface area contributed by atoms with Crippen LogP contribution in [0.2, 0.25) is 0 Å². The van der Waals surface area contributed by atoms with Crippen LogP contribution < -0.4 is 10.6 Å². The standard InChI is InChI=1S/C17H19FN4O/c1-17(2,22-16(23)13-10-6-19-7-11(10)13)15-9-4-3-5-12(18)14(9)20-8-21-15/h3-5,8,10-11,13,19H,6-7H2,1-2H3,(H,22,23). The molecule has 2 unspecified atom stereocenters. The molecule has 1 saturated heterocycles. The van der Waals surface area contributed by atoms with Crippen LogP contribution in [0.15, 0.2) is 24.5 Å². The molecule has 2 N–H and O–H groups in total. The average molecular weight is 314 g/mol. The quantitative estimate of drug-likeness (QED) is 0.903. The number of rotatable bonds is 3. The van der Waals surface area contributed by atoms with Crippen molar-refractivity contribution in [3.8, 4) is 0 Å². The van der Waals surface area contributed by atoms with Gasteiger partial charge in [0.25, 0.3) is 0 Å². The fourth-order valence-electron chi connectivity index (χ4n) is 3.81. The van der Waals surface area contributed by atoms with E-state index in [1.807, 2.05) is 13.8 Å². The number of piperidine rings is 1. The van der Waals surface area contributed by atoms with Crippen molar-refractivity contribution >= 4 is 16.8 Å². The molecule has 2 aromatic rings. The van der Waals surface area contributed by atoms with E-state index in [-0.39, 0.29) is 23.2 Å². The Hall–Kier alpha value is -2.08. The van der Waals surface area contributed by atoms with Crippen molar-refractivity contribution in [2.45, 2.75) is 19.4 Å². The number of nitrogens with one attached hydrogen (secondary N) is 2. The van der Waals surface area contributed by atoms with Crippen LogP contribution in [-0.2, 0) is 10.3 Å². The number of hydrogen-bond donors (Lipinski definition) is 2. The van der Waals surface area contributed by atoms with Gasteiger partial charge in [0, 0.05) is 11.3 Å². The van der Waals surface area contributed by atoms with Gasteiger partial charge in [0.15, 0.2) is 0 Å².